The summed E-state index contributed by atoms with van der Waals surface area (Å²) in [5.74, 6) is 0.603. The summed E-state index contributed by atoms with van der Waals surface area (Å²) in [7, 11) is 0. The third-order valence-electron chi connectivity index (χ3n) is 3.88. The summed E-state index contributed by atoms with van der Waals surface area (Å²) in [5.41, 5.74) is 2.82. The zero-order valence-corrected chi connectivity index (χ0v) is 15.7. The molecule has 1 N–H and O–H groups in total. The van der Waals surface area contributed by atoms with Crippen molar-refractivity contribution in [1.82, 2.24) is 0 Å². The van der Waals surface area contributed by atoms with Crippen LogP contribution >= 0.6 is 23.2 Å². The molecule has 7 heteroatoms. The predicted octanol–water partition coefficient (Wildman–Crippen LogP) is 6.09. The maximum atomic E-state index is 10.7. The Morgan fingerprint density at radius 1 is 0.926 bits per heavy atom. The normalized spacial score (nSPS) is 10.4. The van der Waals surface area contributed by atoms with Crippen molar-refractivity contribution in [3.8, 4) is 5.75 Å². The second-order valence-corrected chi connectivity index (χ2v) is 6.68. The minimum absolute atomic E-state index is 0.0609. The lowest BCUT2D eigenvalue weighted by molar-refractivity contribution is -0.384. The summed E-state index contributed by atoms with van der Waals surface area (Å²) in [4.78, 5) is 10.2. The highest BCUT2D eigenvalue weighted by molar-refractivity contribution is 6.32. The van der Waals surface area contributed by atoms with Gasteiger partial charge in [0, 0.05) is 29.4 Å². The Morgan fingerprint density at radius 2 is 1.59 bits per heavy atom. The van der Waals surface area contributed by atoms with Crippen LogP contribution in [0.4, 0.5) is 11.4 Å². The summed E-state index contributed by atoms with van der Waals surface area (Å²) >= 11 is 12.2. The summed E-state index contributed by atoms with van der Waals surface area (Å²) in [5, 5.41) is 15.1. The van der Waals surface area contributed by atoms with E-state index in [9.17, 15) is 10.1 Å². The van der Waals surface area contributed by atoms with Crippen molar-refractivity contribution in [2.75, 3.05) is 5.32 Å². The van der Waals surface area contributed by atoms with Gasteiger partial charge in [-0.3, -0.25) is 10.1 Å². The molecule has 138 valence electrons. The lowest BCUT2D eigenvalue weighted by Gasteiger charge is -2.11. The van der Waals surface area contributed by atoms with E-state index in [4.69, 9.17) is 27.9 Å². The molecular formula is C20H16Cl2N2O3. The van der Waals surface area contributed by atoms with Crippen molar-refractivity contribution < 1.29 is 9.66 Å². The highest BCUT2D eigenvalue weighted by Crippen LogP contribution is 2.27. The topological polar surface area (TPSA) is 64.4 Å². The van der Waals surface area contributed by atoms with E-state index < -0.39 is 4.92 Å². The molecule has 0 heterocycles. The Hall–Kier alpha value is -2.76. The number of nitro groups is 1. The Labute approximate surface area is 166 Å². The number of rotatable bonds is 7. The molecule has 3 aromatic carbocycles. The van der Waals surface area contributed by atoms with Gasteiger partial charge in [-0.2, -0.15) is 0 Å². The van der Waals surface area contributed by atoms with Gasteiger partial charge in [0.15, 0.2) is 0 Å². The molecule has 0 aliphatic carbocycles. The van der Waals surface area contributed by atoms with Gasteiger partial charge in [0.1, 0.15) is 12.4 Å². The molecule has 3 aromatic rings. The molecule has 0 aromatic heterocycles. The number of hydrogen-bond donors (Lipinski definition) is 1. The second-order valence-electron chi connectivity index (χ2n) is 5.84. The maximum absolute atomic E-state index is 10.7. The van der Waals surface area contributed by atoms with Crippen molar-refractivity contribution in [3.05, 3.63) is 98.0 Å². The first kappa shape index (κ1) is 19.0. The van der Waals surface area contributed by atoms with Crippen LogP contribution in [0.5, 0.6) is 5.75 Å². The molecule has 0 aliphatic rings. The van der Waals surface area contributed by atoms with Crippen molar-refractivity contribution in [2.45, 2.75) is 13.2 Å². The number of hydrogen-bond acceptors (Lipinski definition) is 4. The summed E-state index contributed by atoms with van der Waals surface area (Å²) in [6, 6.07) is 19.3. The molecular weight excluding hydrogens is 387 g/mol. The van der Waals surface area contributed by atoms with E-state index in [-0.39, 0.29) is 5.69 Å². The molecule has 0 fully saturated rings. The first-order valence-electron chi connectivity index (χ1n) is 8.15. The minimum Gasteiger partial charge on any atom is -0.487 e. The molecule has 0 aliphatic heterocycles. The van der Waals surface area contributed by atoms with E-state index in [2.05, 4.69) is 5.32 Å². The van der Waals surface area contributed by atoms with Gasteiger partial charge in [-0.25, -0.2) is 0 Å². The summed E-state index contributed by atoms with van der Waals surface area (Å²) in [6.07, 6.45) is 0. The highest BCUT2D eigenvalue weighted by atomic mass is 35.5. The predicted molar refractivity (Wildman–Crippen MR) is 108 cm³/mol. The summed E-state index contributed by atoms with van der Waals surface area (Å²) < 4.78 is 5.76. The van der Waals surface area contributed by atoms with Crippen LogP contribution in [0.1, 0.15) is 11.1 Å². The van der Waals surface area contributed by atoms with Crippen LogP contribution in [0.15, 0.2) is 66.7 Å². The van der Waals surface area contributed by atoms with E-state index in [0.717, 1.165) is 16.8 Å². The van der Waals surface area contributed by atoms with Crippen LogP contribution < -0.4 is 10.1 Å². The van der Waals surface area contributed by atoms with E-state index in [1.54, 1.807) is 12.1 Å². The van der Waals surface area contributed by atoms with Crippen LogP contribution in [0.25, 0.3) is 0 Å². The van der Waals surface area contributed by atoms with Crippen molar-refractivity contribution in [2.24, 2.45) is 0 Å². The number of nitro benzene ring substituents is 1. The lowest BCUT2D eigenvalue weighted by Crippen LogP contribution is -2.01. The zero-order chi connectivity index (χ0) is 19.2. The van der Waals surface area contributed by atoms with Crippen LogP contribution in [-0.4, -0.2) is 4.92 Å². The number of nitrogens with zero attached hydrogens (tertiary/aromatic N) is 1. The number of benzene rings is 3. The molecule has 0 spiro atoms. The second kappa shape index (κ2) is 8.75. The molecule has 5 nitrogen and oxygen atoms in total. The Kier molecular flexibility index (Phi) is 6.16. The molecule has 0 radical (unpaired) electrons. The number of nitrogens with one attached hydrogen (secondary N) is 1. The monoisotopic (exact) mass is 402 g/mol. The van der Waals surface area contributed by atoms with Crippen LogP contribution in [0, 0.1) is 10.1 Å². The number of ether oxygens (including phenoxy) is 1. The lowest BCUT2D eigenvalue weighted by atomic mass is 10.2. The quantitative estimate of drug-likeness (QED) is 0.383. The van der Waals surface area contributed by atoms with Gasteiger partial charge in [0.2, 0.25) is 0 Å². The fourth-order valence-electron chi connectivity index (χ4n) is 2.42. The van der Waals surface area contributed by atoms with Gasteiger partial charge >= 0.3 is 0 Å². The number of halogens is 2. The third-order valence-corrected chi connectivity index (χ3v) is 4.43. The van der Waals surface area contributed by atoms with Gasteiger partial charge in [-0.1, -0.05) is 41.4 Å². The van der Waals surface area contributed by atoms with Crippen LogP contribution in [0.3, 0.4) is 0 Å². The molecule has 0 unspecified atom stereocenters. The van der Waals surface area contributed by atoms with Gasteiger partial charge in [0.25, 0.3) is 5.69 Å². The standard InChI is InChI=1S/C20H16Cl2N2O3/c21-16-4-1-14(2-5-16)13-27-20-10-3-15(11-19(20)22)12-23-17-6-8-18(9-7-17)24(25)26/h1-11,23H,12-13H2. The number of non-ortho nitro benzene ring substituents is 1. The van der Waals surface area contributed by atoms with Crippen molar-refractivity contribution >= 4 is 34.6 Å². The van der Waals surface area contributed by atoms with Crippen molar-refractivity contribution in [3.63, 3.8) is 0 Å². The van der Waals surface area contributed by atoms with Gasteiger partial charge in [-0.15, -0.1) is 0 Å². The fourth-order valence-corrected chi connectivity index (χ4v) is 2.80. The molecule has 27 heavy (non-hydrogen) atoms. The highest BCUT2D eigenvalue weighted by Gasteiger charge is 2.06. The Balaban J connectivity index is 1.57. The molecule has 0 saturated carbocycles. The Bertz CT molecular complexity index is 929. The van der Waals surface area contributed by atoms with Gasteiger partial charge in [0.05, 0.1) is 9.95 Å². The average molecular weight is 403 g/mol. The smallest absolute Gasteiger partial charge is 0.269 e. The van der Waals surface area contributed by atoms with Crippen LogP contribution in [0.2, 0.25) is 10.0 Å². The largest absolute Gasteiger partial charge is 0.487 e. The minimum atomic E-state index is -0.424. The molecule has 0 bridgehead atoms. The third kappa shape index (κ3) is 5.36. The molecule has 0 saturated heterocycles. The SMILES string of the molecule is O=[N+]([O-])c1ccc(NCc2ccc(OCc3ccc(Cl)cc3)c(Cl)c2)cc1. The maximum Gasteiger partial charge on any atom is 0.269 e. The van der Waals surface area contributed by atoms with E-state index in [0.29, 0.717) is 28.9 Å². The van der Waals surface area contributed by atoms with E-state index >= 15 is 0 Å². The van der Waals surface area contributed by atoms with Crippen LogP contribution in [-0.2, 0) is 13.2 Å². The van der Waals surface area contributed by atoms with E-state index in [1.807, 2.05) is 42.5 Å². The first-order valence-corrected chi connectivity index (χ1v) is 8.91. The fraction of sp³-hybridized carbons (Fsp3) is 0.100. The average Bonchev–Trinajstić information content (AvgIpc) is 2.67. The Morgan fingerprint density at radius 3 is 2.22 bits per heavy atom. The molecule has 3 rings (SSSR count). The molecule has 0 atom stereocenters. The van der Waals surface area contributed by atoms with E-state index in [1.165, 1.54) is 12.1 Å². The van der Waals surface area contributed by atoms with Gasteiger partial charge in [-0.05, 0) is 47.5 Å². The van der Waals surface area contributed by atoms with Gasteiger partial charge < -0.3 is 10.1 Å². The first-order chi connectivity index (χ1) is 13.0. The van der Waals surface area contributed by atoms with Crippen molar-refractivity contribution in [1.29, 1.82) is 0 Å². The zero-order valence-electron chi connectivity index (χ0n) is 14.2. The molecule has 0 amide bonds. The summed E-state index contributed by atoms with van der Waals surface area (Å²) in [6.45, 7) is 0.937. The number of anilines is 1.